The fourth-order valence-electron chi connectivity index (χ4n) is 2.69. The first kappa shape index (κ1) is 19.3. The van der Waals surface area contributed by atoms with Crippen molar-refractivity contribution in [2.24, 2.45) is 5.10 Å². The van der Waals surface area contributed by atoms with Crippen LogP contribution in [-0.4, -0.2) is 21.7 Å². The van der Waals surface area contributed by atoms with Gasteiger partial charge in [-0.2, -0.15) is 18.3 Å². The zero-order chi connectivity index (χ0) is 20.1. The van der Waals surface area contributed by atoms with Gasteiger partial charge in [-0.3, -0.25) is 4.79 Å². The van der Waals surface area contributed by atoms with Crippen LogP contribution in [0.25, 0.3) is 17.1 Å². The fraction of sp³-hybridized carbons (Fsp3) is 0.150. The van der Waals surface area contributed by atoms with Gasteiger partial charge in [0.2, 0.25) is 5.82 Å². The van der Waals surface area contributed by atoms with Crippen molar-refractivity contribution < 1.29 is 18.0 Å². The van der Waals surface area contributed by atoms with Gasteiger partial charge in [0.15, 0.2) is 0 Å². The number of para-hydroxylation sites is 2. The van der Waals surface area contributed by atoms with Crippen molar-refractivity contribution in [2.75, 3.05) is 0 Å². The Morgan fingerprint density at radius 3 is 2.54 bits per heavy atom. The molecule has 0 unspecified atom stereocenters. The number of hydrazone groups is 1. The number of allylic oxidation sites excluding steroid dienone is 1. The number of carbonyl (C=O) groups excluding carboxylic acids is 1. The molecule has 8 heteroatoms. The monoisotopic (exact) mass is 386 g/mol. The minimum Gasteiger partial charge on any atom is -0.311 e. The van der Waals surface area contributed by atoms with Crippen LogP contribution in [0.2, 0.25) is 0 Å². The highest BCUT2D eigenvalue weighted by atomic mass is 19.4. The number of nitrogens with one attached hydrogen (secondary N) is 1. The molecule has 0 spiro atoms. The van der Waals surface area contributed by atoms with Gasteiger partial charge >= 0.3 is 6.18 Å². The van der Waals surface area contributed by atoms with E-state index >= 15 is 0 Å². The van der Waals surface area contributed by atoms with Crippen molar-refractivity contribution >= 4 is 29.2 Å². The lowest BCUT2D eigenvalue weighted by molar-refractivity contribution is -0.147. The minimum absolute atomic E-state index is 0.174. The average molecular weight is 386 g/mol. The molecule has 3 aromatic rings. The molecule has 0 fully saturated rings. The summed E-state index contributed by atoms with van der Waals surface area (Å²) in [5.74, 6) is -1.80. The lowest BCUT2D eigenvalue weighted by Gasteiger charge is -2.10. The molecule has 0 radical (unpaired) electrons. The molecular weight excluding hydrogens is 369 g/mol. The molecular formula is C20H17F3N4O. The number of rotatable bonds is 5. The smallest absolute Gasteiger partial charge is 0.311 e. The number of imidazole rings is 1. The van der Waals surface area contributed by atoms with Crippen LogP contribution in [0.3, 0.4) is 0 Å². The maximum Gasteiger partial charge on any atom is 0.449 e. The van der Waals surface area contributed by atoms with Crippen LogP contribution < -0.4 is 5.43 Å². The van der Waals surface area contributed by atoms with E-state index in [0.29, 0.717) is 0 Å². The van der Waals surface area contributed by atoms with Gasteiger partial charge < -0.3 is 4.57 Å². The Balaban J connectivity index is 1.72. The summed E-state index contributed by atoms with van der Waals surface area (Å²) >= 11 is 0. The summed E-state index contributed by atoms with van der Waals surface area (Å²) in [6, 6.07) is 15.7. The molecule has 28 heavy (non-hydrogen) atoms. The maximum atomic E-state index is 13.2. The van der Waals surface area contributed by atoms with Gasteiger partial charge in [-0.1, -0.05) is 48.5 Å². The number of hydrogen-bond donors (Lipinski definition) is 1. The van der Waals surface area contributed by atoms with Gasteiger partial charge in [-0.05, 0) is 30.2 Å². The number of aromatic nitrogens is 2. The van der Waals surface area contributed by atoms with Gasteiger partial charge in [-0.25, -0.2) is 10.4 Å². The quantitative estimate of drug-likeness (QED) is 0.526. The van der Waals surface area contributed by atoms with E-state index in [2.05, 4.69) is 15.5 Å². The summed E-state index contributed by atoms with van der Waals surface area (Å²) in [5.41, 5.74) is 4.40. The number of hydrogen-bond acceptors (Lipinski definition) is 3. The van der Waals surface area contributed by atoms with Crippen molar-refractivity contribution in [1.82, 2.24) is 15.0 Å². The van der Waals surface area contributed by atoms with Gasteiger partial charge in [0.05, 0.1) is 17.2 Å². The van der Waals surface area contributed by atoms with Crippen LogP contribution in [0.4, 0.5) is 13.2 Å². The molecule has 144 valence electrons. The second-order valence-corrected chi connectivity index (χ2v) is 6.10. The third-order valence-electron chi connectivity index (χ3n) is 3.86. The first-order valence-corrected chi connectivity index (χ1v) is 8.42. The second-order valence-electron chi connectivity index (χ2n) is 6.10. The molecule has 1 amide bonds. The Kier molecular flexibility index (Phi) is 5.58. The summed E-state index contributed by atoms with van der Waals surface area (Å²) in [6.45, 7) is 1.25. The van der Waals surface area contributed by atoms with Gasteiger partial charge in [0, 0.05) is 0 Å². The van der Waals surface area contributed by atoms with Crippen LogP contribution in [0.5, 0.6) is 0 Å². The third kappa shape index (κ3) is 4.64. The second kappa shape index (κ2) is 8.08. The largest absolute Gasteiger partial charge is 0.449 e. The van der Waals surface area contributed by atoms with Crippen LogP contribution >= 0.6 is 0 Å². The molecule has 1 aromatic heterocycles. The van der Waals surface area contributed by atoms with Gasteiger partial charge in [0.1, 0.15) is 6.54 Å². The molecule has 0 bridgehead atoms. The van der Waals surface area contributed by atoms with Crippen LogP contribution in [0.1, 0.15) is 18.3 Å². The molecule has 0 atom stereocenters. The predicted octanol–water partition coefficient (Wildman–Crippen LogP) is 4.26. The lowest BCUT2D eigenvalue weighted by atomic mass is 10.1. The normalized spacial score (nSPS) is 12.6. The molecule has 5 nitrogen and oxygen atoms in total. The molecule has 1 heterocycles. The predicted molar refractivity (Wildman–Crippen MR) is 101 cm³/mol. The number of benzene rings is 2. The summed E-state index contributed by atoms with van der Waals surface area (Å²) < 4.78 is 40.6. The van der Waals surface area contributed by atoms with Crippen LogP contribution in [0, 0.1) is 0 Å². The van der Waals surface area contributed by atoms with E-state index < -0.39 is 24.5 Å². The van der Waals surface area contributed by atoms with Crippen molar-refractivity contribution in [3.63, 3.8) is 0 Å². The highest BCUT2D eigenvalue weighted by Gasteiger charge is 2.37. The Morgan fingerprint density at radius 2 is 1.82 bits per heavy atom. The van der Waals surface area contributed by atoms with Crippen molar-refractivity contribution in [3.05, 3.63) is 71.6 Å². The Labute approximate surface area is 159 Å². The summed E-state index contributed by atoms with van der Waals surface area (Å²) in [4.78, 5) is 15.7. The third-order valence-corrected chi connectivity index (χ3v) is 3.86. The lowest BCUT2D eigenvalue weighted by Crippen LogP contribution is -2.26. The molecule has 1 N–H and O–H groups in total. The minimum atomic E-state index is -4.67. The van der Waals surface area contributed by atoms with E-state index in [4.69, 9.17) is 0 Å². The van der Waals surface area contributed by atoms with Crippen molar-refractivity contribution in [3.8, 4) is 0 Å². The Bertz CT molecular complexity index is 1040. The molecule has 2 aromatic carbocycles. The van der Waals surface area contributed by atoms with E-state index in [9.17, 15) is 18.0 Å². The molecule has 3 rings (SSSR count). The number of halogens is 3. The average Bonchev–Trinajstić information content (AvgIpc) is 3.01. The van der Waals surface area contributed by atoms with E-state index in [1.165, 1.54) is 18.3 Å². The van der Waals surface area contributed by atoms with Crippen molar-refractivity contribution in [2.45, 2.75) is 19.6 Å². The number of amides is 1. The molecule has 0 aliphatic heterocycles. The molecule has 0 aliphatic carbocycles. The molecule has 0 saturated heterocycles. The number of carbonyl (C=O) groups is 1. The summed E-state index contributed by atoms with van der Waals surface area (Å²) in [6.07, 6.45) is -1.38. The Morgan fingerprint density at radius 1 is 1.14 bits per heavy atom. The summed E-state index contributed by atoms with van der Waals surface area (Å²) in [5, 5.41) is 3.81. The first-order chi connectivity index (χ1) is 13.3. The number of nitrogens with zero attached hydrogens (tertiary/aromatic N) is 3. The van der Waals surface area contributed by atoms with E-state index in [0.717, 1.165) is 15.7 Å². The van der Waals surface area contributed by atoms with Crippen LogP contribution in [-0.2, 0) is 17.5 Å². The molecule has 0 aliphatic rings. The maximum absolute atomic E-state index is 13.2. The van der Waals surface area contributed by atoms with E-state index in [1.807, 2.05) is 36.4 Å². The topological polar surface area (TPSA) is 59.3 Å². The number of fused-ring (bicyclic) bond motifs is 1. The van der Waals surface area contributed by atoms with Crippen LogP contribution in [0.15, 0.2) is 65.3 Å². The highest BCUT2D eigenvalue weighted by molar-refractivity contribution is 5.86. The van der Waals surface area contributed by atoms with Gasteiger partial charge in [0.25, 0.3) is 5.91 Å². The van der Waals surface area contributed by atoms with Crippen molar-refractivity contribution in [1.29, 1.82) is 0 Å². The van der Waals surface area contributed by atoms with E-state index in [1.54, 1.807) is 19.1 Å². The fourth-order valence-corrected chi connectivity index (χ4v) is 2.69. The highest BCUT2D eigenvalue weighted by Crippen LogP contribution is 2.31. The molecule has 0 saturated carbocycles. The number of alkyl halides is 3. The van der Waals surface area contributed by atoms with E-state index in [-0.39, 0.29) is 11.0 Å². The first-order valence-electron chi connectivity index (χ1n) is 8.42. The summed E-state index contributed by atoms with van der Waals surface area (Å²) in [7, 11) is 0. The Hall–Kier alpha value is -3.42. The zero-order valence-electron chi connectivity index (χ0n) is 14.9. The SMILES string of the molecule is CC(/C=N\NC(=O)Cn1c(C(F)(F)F)nc2ccccc21)=C\c1ccccc1. The van der Waals surface area contributed by atoms with Gasteiger partial charge in [-0.15, -0.1) is 0 Å². The standard InChI is InChI=1S/C20H17F3N4O/c1-14(11-15-7-3-2-4-8-15)12-24-26-18(28)13-27-17-10-6-5-9-16(17)25-19(27)20(21,22)23/h2-12H,13H2,1H3,(H,26,28)/b14-11+,24-12-. The zero-order valence-corrected chi connectivity index (χ0v) is 14.9.